The molecule has 0 aliphatic carbocycles. The lowest BCUT2D eigenvalue weighted by Crippen LogP contribution is -2.34. The van der Waals surface area contributed by atoms with E-state index in [2.05, 4.69) is 0 Å². The summed E-state index contributed by atoms with van der Waals surface area (Å²) in [6.07, 6.45) is 0.530. The Bertz CT molecular complexity index is 854. The SMILES string of the molecule is COc1ccc(CCN2C(=O)C(=O)N(c3ccccc3)C2=S)cc1OC. The van der Waals surface area contributed by atoms with Crippen molar-refractivity contribution in [1.82, 2.24) is 4.90 Å². The van der Waals surface area contributed by atoms with Crippen LogP contribution in [-0.2, 0) is 16.0 Å². The van der Waals surface area contributed by atoms with E-state index < -0.39 is 11.8 Å². The Morgan fingerprint density at radius 3 is 2.27 bits per heavy atom. The Kier molecular flexibility index (Phi) is 5.18. The average Bonchev–Trinajstić information content (AvgIpc) is 2.89. The highest BCUT2D eigenvalue weighted by molar-refractivity contribution is 7.80. The highest BCUT2D eigenvalue weighted by atomic mass is 32.1. The van der Waals surface area contributed by atoms with Crippen LogP contribution in [0.25, 0.3) is 0 Å². The summed E-state index contributed by atoms with van der Waals surface area (Å²) in [4.78, 5) is 27.3. The summed E-state index contributed by atoms with van der Waals surface area (Å²) in [5, 5.41) is 0.201. The molecule has 1 heterocycles. The lowest BCUT2D eigenvalue weighted by Gasteiger charge is -2.19. The van der Waals surface area contributed by atoms with Gasteiger partial charge in [-0.25, -0.2) is 4.90 Å². The van der Waals surface area contributed by atoms with Gasteiger partial charge < -0.3 is 9.47 Å². The van der Waals surface area contributed by atoms with Gasteiger partial charge in [0.05, 0.1) is 19.9 Å². The van der Waals surface area contributed by atoms with Crippen molar-refractivity contribution in [3.8, 4) is 11.5 Å². The minimum Gasteiger partial charge on any atom is -0.493 e. The molecular formula is C19H18N2O4S. The van der Waals surface area contributed by atoms with Crippen LogP contribution >= 0.6 is 12.2 Å². The molecule has 7 heteroatoms. The number of hydrogen-bond acceptors (Lipinski definition) is 5. The van der Waals surface area contributed by atoms with E-state index in [4.69, 9.17) is 21.7 Å². The van der Waals surface area contributed by atoms with E-state index in [0.717, 1.165) is 5.56 Å². The number of rotatable bonds is 6. The van der Waals surface area contributed by atoms with Crippen LogP contribution in [-0.4, -0.2) is 42.6 Å². The number of carbonyl (C=O) groups excluding carboxylic acids is 2. The largest absolute Gasteiger partial charge is 0.493 e. The number of hydrogen-bond donors (Lipinski definition) is 0. The number of methoxy groups -OCH3 is 2. The van der Waals surface area contributed by atoms with Crippen molar-refractivity contribution in [2.45, 2.75) is 6.42 Å². The van der Waals surface area contributed by atoms with Gasteiger partial charge in [0.1, 0.15) is 0 Å². The predicted molar refractivity (Wildman–Crippen MR) is 101 cm³/mol. The van der Waals surface area contributed by atoms with Crippen LogP contribution in [0, 0.1) is 0 Å². The molecule has 3 rings (SSSR count). The van der Waals surface area contributed by atoms with Crippen molar-refractivity contribution in [3.05, 3.63) is 54.1 Å². The van der Waals surface area contributed by atoms with Crippen molar-refractivity contribution < 1.29 is 19.1 Å². The van der Waals surface area contributed by atoms with Crippen LogP contribution in [0.2, 0.25) is 0 Å². The molecular weight excluding hydrogens is 352 g/mol. The van der Waals surface area contributed by atoms with Gasteiger partial charge in [0, 0.05) is 6.54 Å². The first-order chi connectivity index (χ1) is 12.6. The predicted octanol–water partition coefficient (Wildman–Crippen LogP) is 2.41. The molecule has 1 aliphatic heterocycles. The third-order valence-corrected chi connectivity index (χ3v) is 4.54. The van der Waals surface area contributed by atoms with Gasteiger partial charge in [0.25, 0.3) is 0 Å². The molecule has 2 aromatic carbocycles. The standard InChI is InChI=1S/C19H18N2O4S/c1-24-15-9-8-13(12-16(15)25-2)10-11-20-17(22)18(23)21(19(20)26)14-6-4-3-5-7-14/h3-9,12H,10-11H2,1-2H3. The Balaban J connectivity index is 1.75. The Hall–Kier alpha value is -2.93. The number of para-hydroxylation sites is 1. The van der Waals surface area contributed by atoms with Gasteiger partial charge >= 0.3 is 11.8 Å². The van der Waals surface area contributed by atoms with Crippen LogP contribution in [0.5, 0.6) is 11.5 Å². The lowest BCUT2D eigenvalue weighted by molar-refractivity contribution is -0.139. The molecule has 0 spiro atoms. The summed E-state index contributed by atoms with van der Waals surface area (Å²) in [6, 6.07) is 14.5. The van der Waals surface area contributed by atoms with Gasteiger partial charge in [-0.1, -0.05) is 24.3 Å². The number of carbonyl (C=O) groups is 2. The van der Waals surface area contributed by atoms with E-state index in [1.54, 1.807) is 44.6 Å². The highest BCUT2D eigenvalue weighted by Crippen LogP contribution is 2.28. The number of nitrogens with zero attached hydrogens (tertiary/aromatic N) is 2. The van der Waals surface area contributed by atoms with E-state index in [1.165, 1.54) is 9.80 Å². The van der Waals surface area contributed by atoms with Crippen LogP contribution in [0.15, 0.2) is 48.5 Å². The number of benzene rings is 2. The monoisotopic (exact) mass is 370 g/mol. The number of anilines is 1. The smallest absolute Gasteiger partial charge is 0.323 e. The molecule has 1 saturated heterocycles. The van der Waals surface area contributed by atoms with Crippen molar-refractivity contribution >= 4 is 34.8 Å². The number of thiocarbonyl (C=S) groups is 1. The molecule has 26 heavy (non-hydrogen) atoms. The zero-order valence-corrected chi connectivity index (χ0v) is 15.3. The van der Waals surface area contributed by atoms with Gasteiger partial charge in [-0.2, -0.15) is 0 Å². The first-order valence-corrected chi connectivity index (χ1v) is 8.43. The van der Waals surface area contributed by atoms with Crippen molar-refractivity contribution in [1.29, 1.82) is 0 Å². The summed E-state index contributed by atoms with van der Waals surface area (Å²) in [5.74, 6) is 0.00426. The molecule has 1 fully saturated rings. The maximum Gasteiger partial charge on any atom is 0.323 e. The molecule has 0 radical (unpaired) electrons. The topological polar surface area (TPSA) is 59.1 Å². The minimum absolute atomic E-state index is 0.201. The minimum atomic E-state index is -0.631. The summed E-state index contributed by atoms with van der Waals surface area (Å²) < 4.78 is 10.5. The maximum atomic E-state index is 12.3. The maximum absolute atomic E-state index is 12.3. The van der Waals surface area contributed by atoms with Crippen LogP contribution in [0.4, 0.5) is 5.69 Å². The fraction of sp³-hybridized carbons (Fsp3) is 0.211. The Morgan fingerprint density at radius 2 is 1.62 bits per heavy atom. The summed E-state index contributed by atoms with van der Waals surface area (Å²) in [6.45, 7) is 0.308. The second kappa shape index (κ2) is 7.53. The summed E-state index contributed by atoms with van der Waals surface area (Å²) in [7, 11) is 3.14. The molecule has 0 N–H and O–H groups in total. The van der Waals surface area contributed by atoms with Crippen LogP contribution in [0.1, 0.15) is 5.56 Å². The number of amides is 2. The quantitative estimate of drug-likeness (QED) is 0.577. The molecule has 1 aliphatic rings. The molecule has 0 unspecified atom stereocenters. The van der Waals surface area contributed by atoms with Gasteiger partial charge in [-0.3, -0.25) is 14.5 Å². The summed E-state index contributed by atoms with van der Waals surface area (Å²) in [5.41, 5.74) is 1.54. The summed E-state index contributed by atoms with van der Waals surface area (Å²) >= 11 is 5.37. The highest BCUT2D eigenvalue weighted by Gasteiger charge is 2.42. The zero-order valence-electron chi connectivity index (χ0n) is 14.5. The van der Waals surface area contributed by atoms with Gasteiger partial charge in [0.15, 0.2) is 16.6 Å². The van der Waals surface area contributed by atoms with Gasteiger partial charge in [0.2, 0.25) is 0 Å². The first-order valence-electron chi connectivity index (χ1n) is 8.02. The van der Waals surface area contributed by atoms with Crippen molar-refractivity contribution in [3.63, 3.8) is 0 Å². The molecule has 6 nitrogen and oxygen atoms in total. The molecule has 134 valence electrons. The first kappa shape index (κ1) is 17.9. The molecule has 2 aromatic rings. The molecule has 0 saturated carbocycles. The molecule has 0 bridgehead atoms. The zero-order chi connectivity index (χ0) is 18.7. The van der Waals surface area contributed by atoms with Crippen LogP contribution < -0.4 is 14.4 Å². The fourth-order valence-corrected chi connectivity index (χ4v) is 3.15. The van der Waals surface area contributed by atoms with E-state index in [9.17, 15) is 9.59 Å². The lowest BCUT2D eigenvalue weighted by atomic mass is 10.1. The van der Waals surface area contributed by atoms with E-state index in [1.807, 2.05) is 18.2 Å². The normalized spacial score (nSPS) is 14.2. The van der Waals surface area contributed by atoms with E-state index in [-0.39, 0.29) is 5.11 Å². The fourth-order valence-electron chi connectivity index (χ4n) is 2.78. The molecule has 0 aromatic heterocycles. The van der Waals surface area contributed by atoms with Gasteiger partial charge in [-0.15, -0.1) is 0 Å². The van der Waals surface area contributed by atoms with Crippen molar-refractivity contribution in [2.24, 2.45) is 0 Å². The Morgan fingerprint density at radius 1 is 0.923 bits per heavy atom. The van der Waals surface area contributed by atoms with Crippen molar-refractivity contribution in [2.75, 3.05) is 25.7 Å². The second-order valence-corrected chi connectivity index (χ2v) is 6.02. The molecule has 2 amide bonds. The van der Waals surface area contributed by atoms with E-state index >= 15 is 0 Å². The van der Waals surface area contributed by atoms with Gasteiger partial charge in [-0.05, 0) is 48.5 Å². The average molecular weight is 370 g/mol. The Labute approximate surface area is 156 Å². The third kappa shape index (κ3) is 3.25. The third-order valence-electron chi connectivity index (χ3n) is 4.14. The molecule has 0 atom stereocenters. The second-order valence-electron chi connectivity index (χ2n) is 5.65. The van der Waals surface area contributed by atoms with E-state index in [0.29, 0.717) is 30.2 Å². The number of ether oxygens (including phenoxy) is 2. The van der Waals surface area contributed by atoms with Crippen LogP contribution in [0.3, 0.4) is 0 Å².